The van der Waals surface area contributed by atoms with Gasteiger partial charge >= 0.3 is 0 Å². The number of hydrogen-bond acceptors (Lipinski definition) is 7. The lowest BCUT2D eigenvalue weighted by molar-refractivity contribution is 0.122. The molecular weight excluding hydrogens is 354 g/mol. The molecule has 7 heteroatoms. The minimum Gasteiger partial charge on any atom is -0.492 e. The third kappa shape index (κ3) is 4.91. The third-order valence-corrected chi connectivity index (χ3v) is 5.24. The Kier molecular flexibility index (Phi) is 6.24. The predicted octanol–water partition coefficient (Wildman–Crippen LogP) is 1.82. The van der Waals surface area contributed by atoms with Crippen LogP contribution in [0.1, 0.15) is 5.69 Å². The van der Waals surface area contributed by atoms with Crippen molar-refractivity contribution in [2.45, 2.75) is 6.92 Å². The van der Waals surface area contributed by atoms with Gasteiger partial charge in [-0.15, -0.1) is 0 Å². The number of ether oxygens (including phenoxy) is 2. The van der Waals surface area contributed by atoms with Crippen molar-refractivity contribution in [2.24, 2.45) is 0 Å². The number of hydrogen-bond donors (Lipinski definition) is 0. The zero-order valence-corrected chi connectivity index (χ0v) is 16.6. The number of anilines is 2. The first-order valence-corrected chi connectivity index (χ1v) is 10.1. The lowest BCUT2D eigenvalue weighted by atomic mass is 10.3. The van der Waals surface area contributed by atoms with Gasteiger partial charge in [-0.05, 0) is 19.1 Å². The van der Waals surface area contributed by atoms with E-state index >= 15 is 0 Å². The number of para-hydroxylation sites is 1. The zero-order valence-electron chi connectivity index (χ0n) is 16.6. The van der Waals surface area contributed by atoms with Crippen molar-refractivity contribution in [1.82, 2.24) is 14.9 Å². The number of aromatic nitrogens is 2. The molecule has 0 amide bonds. The molecule has 0 N–H and O–H groups in total. The van der Waals surface area contributed by atoms with E-state index in [0.717, 1.165) is 82.2 Å². The summed E-state index contributed by atoms with van der Waals surface area (Å²) in [6, 6.07) is 12.1. The molecule has 0 saturated carbocycles. The predicted molar refractivity (Wildman–Crippen MR) is 110 cm³/mol. The Balaban J connectivity index is 1.29. The van der Waals surface area contributed by atoms with Gasteiger partial charge in [0.05, 0.1) is 13.2 Å². The Morgan fingerprint density at radius 1 is 0.929 bits per heavy atom. The average Bonchev–Trinajstić information content (AvgIpc) is 2.75. The van der Waals surface area contributed by atoms with E-state index in [-0.39, 0.29) is 0 Å². The number of aryl methyl sites for hydroxylation is 1. The molecule has 2 aromatic rings. The van der Waals surface area contributed by atoms with Crippen LogP contribution in [0.3, 0.4) is 0 Å². The summed E-state index contributed by atoms with van der Waals surface area (Å²) < 4.78 is 11.3. The standard InChI is InChI=1S/C21H29N5O2/c1-18-17-20(25-12-14-27-15-13-25)23-21(22-18)26-9-7-24(8-10-26)11-16-28-19-5-3-2-4-6-19/h2-6,17H,7-16H2,1H3. The Labute approximate surface area is 166 Å². The highest BCUT2D eigenvalue weighted by atomic mass is 16.5. The fraction of sp³-hybridized carbons (Fsp3) is 0.524. The van der Waals surface area contributed by atoms with Crippen LogP contribution in [0.5, 0.6) is 5.75 Å². The minimum atomic E-state index is 0.714. The van der Waals surface area contributed by atoms with Crippen molar-refractivity contribution in [1.29, 1.82) is 0 Å². The summed E-state index contributed by atoms with van der Waals surface area (Å²) in [5.74, 6) is 2.80. The average molecular weight is 383 g/mol. The molecule has 0 aliphatic carbocycles. The van der Waals surface area contributed by atoms with Crippen LogP contribution in [0, 0.1) is 6.92 Å². The molecule has 0 unspecified atom stereocenters. The third-order valence-electron chi connectivity index (χ3n) is 5.24. The van der Waals surface area contributed by atoms with Gasteiger partial charge in [0, 0.05) is 57.6 Å². The smallest absolute Gasteiger partial charge is 0.227 e. The number of nitrogens with zero attached hydrogens (tertiary/aromatic N) is 5. The highest BCUT2D eigenvalue weighted by Gasteiger charge is 2.21. The van der Waals surface area contributed by atoms with E-state index in [1.54, 1.807) is 0 Å². The second-order valence-corrected chi connectivity index (χ2v) is 7.26. The fourth-order valence-electron chi connectivity index (χ4n) is 3.61. The first-order valence-electron chi connectivity index (χ1n) is 10.1. The molecule has 0 radical (unpaired) electrons. The Hall–Kier alpha value is -2.38. The molecule has 4 rings (SSSR count). The molecule has 3 heterocycles. The summed E-state index contributed by atoms with van der Waals surface area (Å²) in [7, 11) is 0. The van der Waals surface area contributed by atoms with E-state index in [1.165, 1.54) is 0 Å². The first-order chi connectivity index (χ1) is 13.8. The molecule has 2 saturated heterocycles. The molecule has 0 atom stereocenters. The second kappa shape index (κ2) is 9.21. The number of piperazine rings is 1. The maximum Gasteiger partial charge on any atom is 0.227 e. The summed E-state index contributed by atoms with van der Waals surface area (Å²) in [6.07, 6.45) is 0. The van der Waals surface area contributed by atoms with E-state index in [4.69, 9.17) is 19.4 Å². The van der Waals surface area contributed by atoms with Crippen LogP contribution >= 0.6 is 0 Å². The van der Waals surface area contributed by atoms with Gasteiger partial charge in [-0.25, -0.2) is 4.98 Å². The van der Waals surface area contributed by atoms with Crippen molar-refractivity contribution in [2.75, 3.05) is 75.4 Å². The molecule has 2 aliphatic heterocycles. The van der Waals surface area contributed by atoms with Crippen molar-refractivity contribution in [3.8, 4) is 5.75 Å². The molecule has 1 aromatic heterocycles. The van der Waals surface area contributed by atoms with Crippen LogP contribution in [0.4, 0.5) is 11.8 Å². The molecule has 28 heavy (non-hydrogen) atoms. The van der Waals surface area contributed by atoms with Gasteiger partial charge in [0.15, 0.2) is 0 Å². The SMILES string of the molecule is Cc1cc(N2CCOCC2)nc(N2CCN(CCOc3ccccc3)CC2)n1. The monoisotopic (exact) mass is 383 g/mol. The van der Waals surface area contributed by atoms with E-state index in [0.29, 0.717) is 6.61 Å². The van der Waals surface area contributed by atoms with Gasteiger partial charge in [-0.1, -0.05) is 18.2 Å². The molecule has 2 fully saturated rings. The molecule has 2 aliphatic rings. The van der Waals surface area contributed by atoms with Crippen LogP contribution < -0.4 is 14.5 Å². The maximum absolute atomic E-state index is 5.82. The molecule has 0 spiro atoms. The van der Waals surface area contributed by atoms with Crippen LogP contribution in [0.2, 0.25) is 0 Å². The van der Waals surface area contributed by atoms with Gasteiger partial charge < -0.3 is 19.3 Å². The molecular formula is C21H29N5O2. The van der Waals surface area contributed by atoms with Crippen molar-refractivity contribution >= 4 is 11.8 Å². The Morgan fingerprint density at radius 2 is 1.68 bits per heavy atom. The number of benzene rings is 1. The van der Waals surface area contributed by atoms with Crippen molar-refractivity contribution < 1.29 is 9.47 Å². The van der Waals surface area contributed by atoms with Gasteiger partial charge in [0.25, 0.3) is 0 Å². The quantitative estimate of drug-likeness (QED) is 0.754. The largest absolute Gasteiger partial charge is 0.492 e. The number of rotatable bonds is 6. The second-order valence-electron chi connectivity index (χ2n) is 7.26. The van der Waals surface area contributed by atoms with E-state index < -0.39 is 0 Å². The lowest BCUT2D eigenvalue weighted by Crippen LogP contribution is -2.48. The van der Waals surface area contributed by atoms with E-state index in [9.17, 15) is 0 Å². The normalized spacial score (nSPS) is 18.3. The molecule has 0 bridgehead atoms. The Morgan fingerprint density at radius 3 is 2.43 bits per heavy atom. The number of morpholine rings is 1. The van der Waals surface area contributed by atoms with E-state index in [1.807, 2.05) is 37.3 Å². The zero-order chi connectivity index (χ0) is 19.2. The lowest BCUT2D eigenvalue weighted by Gasteiger charge is -2.35. The summed E-state index contributed by atoms with van der Waals surface area (Å²) in [5, 5.41) is 0. The van der Waals surface area contributed by atoms with Gasteiger partial charge in [-0.3, -0.25) is 4.90 Å². The van der Waals surface area contributed by atoms with Gasteiger partial charge in [-0.2, -0.15) is 4.98 Å². The van der Waals surface area contributed by atoms with Crippen molar-refractivity contribution in [3.05, 3.63) is 42.1 Å². The maximum atomic E-state index is 5.82. The first kappa shape index (κ1) is 19.0. The fourth-order valence-corrected chi connectivity index (χ4v) is 3.61. The van der Waals surface area contributed by atoms with E-state index in [2.05, 4.69) is 20.8 Å². The summed E-state index contributed by atoms with van der Waals surface area (Å²) in [5.41, 5.74) is 1.02. The highest BCUT2D eigenvalue weighted by Crippen LogP contribution is 2.19. The summed E-state index contributed by atoms with van der Waals surface area (Å²) >= 11 is 0. The summed E-state index contributed by atoms with van der Waals surface area (Å²) in [4.78, 5) is 16.6. The topological polar surface area (TPSA) is 54.0 Å². The Bertz CT molecular complexity index is 744. The molecule has 1 aromatic carbocycles. The van der Waals surface area contributed by atoms with Gasteiger partial charge in [0.1, 0.15) is 18.2 Å². The minimum absolute atomic E-state index is 0.714. The van der Waals surface area contributed by atoms with Crippen molar-refractivity contribution in [3.63, 3.8) is 0 Å². The molecule has 150 valence electrons. The highest BCUT2D eigenvalue weighted by molar-refractivity contribution is 5.46. The molecule has 7 nitrogen and oxygen atoms in total. The van der Waals surface area contributed by atoms with Crippen LogP contribution in [0.25, 0.3) is 0 Å². The van der Waals surface area contributed by atoms with Crippen LogP contribution in [0.15, 0.2) is 36.4 Å². The summed E-state index contributed by atoms with van der Waals surface area (Å²) in [6.45, 7) is 10.9. The van der Waals surface area contributed by atoms with Crippen LogP contribution in [-0.2, 0) is 4.74 Å². The van der Waals surface area contributed by atoms with Crippen LogP contribution in [-0.4, -0.2) is 80.5 Å². The van der Waals surface area contributed by atoms with Gasteiger partial charge in [0.2, 0.25) is 5.95 Å².